The highest BCUT2D eigenvalue weighted by Crippen LogP contribution is 2.38. The number of rotatable bonds is 3. The number of halogens is 3. The molecule has 1 aromatic rings. The third kappa shape index (κ3) is 3.23. The fourth-order valence-electron chi connectivity index (χ4n) is 2.56. The van der Waals surface area contributed by atoms with Crippen molar-refractivity contribution in [3.8, 4) is 0 Å². The van der Waals surface area contributed by atoms with Crippen molar-refractivity contribution in [2.24, 2.45) is 5.92 Å². The maximum absolute atomic E-state index is 12.9. The van der Waals surface area contributed by atoms with Gasteiger partial charge in [-0.05, 0) is 19.8 Å². The van der Waals surface area contributed by atoms with Crippen molar-refractivity contribution in [1.82, 2.24) is 10.3 Å². The molecular formula is C12H17F3N2S. The first-order chi connectivity index (χ1) is 8.48. The molecule has 1 heterocycles. The highest BCUT2D eigenvalue weighted by molar-refractivity contribution is 7.07. The van der Waals surface area contributed by atoms with Crippen LogP contribution in [0, 0.1) is 5.92 Å². The highest BCUT2D eigenvalue weighted by atomic mass is 32.1. The van der Waals surface area contributed by atoms with Crippen LogP contribution in [0.1, 0.15) is 44.3 Å². The zero-order valence-corrected chi connectivity index (χ0v) is 11.0. The average molecular weight is 278 g/mol. The second-order valence-electron chi connectivity index (χ2n) is 4.84. The van der Waals surface area contributed by atoms with E-state index in [4.69, 9.17) is 0 Å². The SMILES string of the molecule is CC(NC1CCCCC1C(F)(F)F)c1cscn1. The van der Waals surface area contributed by atoms with Crippen LogP contribution < -0.4 is 5.32 Å². The molecule has 1 aliphatic carbocycles. The van der Waals surface area contributed by atoms with Crippen molar-refractivity contribution in [2.45, 2.75) is 50.9 Å². The molecule has 18 heavy (non-hydrogen) atoms. The smallest absolute Gasteiger partial charge is 0.305 e. The second kappa shape index (κ2) is 5.57. The fraction of sp³-hybridized carbons (Fsp3) is 0.750. The van der Waals surface area contributed by atoms with Crippen molar-refractivity contribution in [2.75, 3.05) is 0 Å². The predicted octanol–water partition coefficient (Wildman–Crippen LogP) is 3.91. The summed E-state index contributed by atoms with van der Waals surface area (Å²) < 4.78 is 38.8. The Kier molecular flexibility index (Phi) is 4.27. The van der Waals surface area contributed by atoms with Gasteiger partial charge in [-0.1, -0.05) is 12.8 Å². The number of nitrogens with zero attached hydrogens (tertiary/aromatic N) is 1. The van der Waals surface area contributed by atoms with Crippen LogP contribution in [0.25, 0.3) is 0 Å². The Hall–Kier alpha value is -0.620. The van der Waals surface area contributed by atoms with Crippen molar-refractivity contribution in [1.29, 1.82) is 0 Å². The van der Waals surface area contributed by atoms with E-state index in [2.05, 4.69) is 10.3 Å². The molecule has 102 valence electrons. The molecule has 0 amide bonds. The molecule has 1 fully saturated rings. The van der Waals surface area contributed by atoms with E-state index < -0.39 is 18.1 Å². The largest absolute Gasteiger partial charge is 0.393 e. The molecule has 1 N–H and O–H groups in total. The van der Waals surface area contributed by atoms with Crippen LogP contribution in [0.5, 0.6) is 0 Å². The summed E-state index contributed by atoms with van der Waals surface area (Å²) in [6.45, 7) is 1.87. The van der Waals surface area contributed by atoms with Crippen LogP contribution in [0.3, 0.4) is 0 Å². The zero-order chi connectivity index (χ0) is 13.2. The van der Waals surface area contributed by atoms with Crippen LogP contribution in [-0.4, -0.2) is 17.2 Å². The summed E-state index contributed by atoms with van der Waals surface area (Å²) in [6, 6.07) is -0.598. The molecule has 3 atom stereocenters. The van der Waals surface area contributed by atoms with Gasteiger partial charge in [0, 0.05) is 17.5 Å². The van der Waals surface area contributed by atoms with E-state index in [1.165, 1.54) is 11.3 Å². The first kappa shape index (κ1) is 13.8. The quantitative estimate of drug-likeness (QED) is 0.906. The van der Waals surface area contributed by atoms with Crippen LogP contribution in [0.2, 0.25) is 0 Å². The molecule has 0 radical (unpaired) electrons. The van der Waals surface area contributed by atoms with E-state index in [0.717, 1.165) is 12.1 Å². The summed E-state index contributed by atoms with van der Waals surface area (Å²) in [5, 5.41) is 4.98. The number of hydrogen-bond acceptors (Lipinski definition) is 3. The van der Waals surface area contributed by atoms with Crippen LogP contribution in [0.4, 0.5) is 13.2 Å². The van der Waals surface area contributed by atoms with E-state index >= 15 is 0 Å². The number of aromatic nitrogens is 1. The van der Waals surface area contributed by atoms with Crippen molar-refractivity contribution in [3.05, 3.63) is 16.6 Å². The van der Waals surface area contributed by atoms with E-state index in [9.17, 15) is 13.2 Å². The van der Waals surface area contributed by atoms with Gasteiger partial charge in [-0.3, -0.25) is 0 Å². The maximum Gasteiger partial charge on any atom is 0.393 e. The molecule has 0 aromatic carbocycles. The lowest BCUT2D eigenvalue weighted by atomic mass is 9.83. The van der Waals surface area contributed by atoms with E-state index in [-0.39, 0.29) is 12.5 Å². The van der Waals surface area contributed by atoms with Gasteiger partial charge in [0.05, 0.1) is 17.1 Å². The third-order valence-electron chi connectivity index (χ3n) is 3.55. The minimum absolute atomic E-state index is 0.121. The lowest BCUT2D eigenvalue weighted by molar-refractivity contribution is -0.189. The standard InChI is InChI=1S/C12H17F3N2S/c1-8(11-6-18-7-16-11)17-10-5-3-2-4-9(10)12(13,14)15/h6-10,17H,2-5H2,1H3. The summed E-state index contributed by atoms with van der Waals surface area (Å²) in [5.74, 6) is -1.22. The summed E-state index contributed by atoms with van der Waals surface area (Å²) >= 11 is 1.46. The second-order valence-corrected chi connectivity index (χ2v) is 5.56. The van der Waals surface area contributed by atoms with Gasteiger partial charge in [-0.15, -0.1) is 11.3 Å². The van der Waals surface area contributed by atoms with Gasteiger partial charge in [0.25, 0.3) is 0 Å². The number of thiazole rings is 1. The average Bonchev–Trinajstić information content (AvgIpc) is 2.81. The van der Waals surface area contributed by atoms with Crippen molar-refractivity contribution in [3.63, 3.8) is 0 Å². The van der Waals surface area contributed by atoms with Crippen molar-refractivity contribution < 1.29 is 13.2 Å². The molecule has 1 aliphatic rings. The molecule has 1 saturated carbocycles. The van der Waals surface area contributed by atoms with Gasteiger partial charge >= 0.3 is 6.18 Å². The summed E-state index contributed by atoms with van der Waals surface area (Å²) in [5.41, 5.74) is 2.53. The van der Waals surface area contributed by atoms with Crippen LogP contribution in [0.15, 0.2) is 10.9 Å². The number of nitrogens with one attached hydrogen (secondary N) is 1. The Morgan fingerprint density at radius 2 is 2.11 bits per heavy atom. The topological polar surface area (TPSA) is 24.9 Å². The van der Waals surface area contributed by atoms with Gasteiger partial charge in [0.1, 0.15) is 0 Å². The molecular weight excluding hydrogens is 261 g/mol. The predicted molar refractivity (Wildman–Crippen MR) is 65.5 cm³/mol. The van der Waals surface area contributed by atoms with Gasteiger partial charge < -0.3 is 5.32 Å². The lowest BCUT2D eigenvalue weighted by Gasteiger charge is -2.35. The minimum Gasteiger partial charge on any atom is -0.305 e. The molecule has 6 heteroatoms. The third-order valence-corrected chi connectivity index (χ3v) is 4.15. The fourth-order valence-corrected chi connectivity index (χ4v) is 3.21. The maximum atomic E-state index is 12.9. The number of alkyl halides is 3. The summed E-state index contributed by atoms with van der Waals surface area (Å²) in [6.07, 6.45) is -1.72. The van der Waals surface area contributed by atoms with Gasteiger partial charge in [0.2, 0.25) is 0 Å². The monoisotopic (exact) mass is 278 g/mol. The first-order valence-corrected chi connectivity index (χ1v) is 7.13. The molecule has 0 bridgehead atoms. The molecule has 1 aromatic heterocycles. The molecule has 0 aliphatic heterocycles. The Labute approximate surface area is 109 Å². The van der Waals surface area contributed by atoms with Gasteiger partial charge in [0.15, 0.2) is 0 Å². The van der Waals surface area contributed by atoms with Crippen LogP contribution in [-0.2, 0) is 0 Å². The van der Waals surface area contributed by atoms with Gasteiger partial charge in [-0.25, -0.2) is 4.98 Å². The Morgan fingerprint density at radius 3 is 2.72 bits per heavy atom. The Balaban J connectivity index is 2.01. The summed E-state index contributed by atoms with van der Waals surface area (Å²) in [4.78, 5) is 4.14. The van der Waals surface area contributed by atoms with Crippen LogP contribution >= 0.6 is 11.3 Å². The highest BCUT2D eigenvalue weighted by Gasteiger charge is 2.45. The Bertz CT molecular complexity index is 364. The van der Waals surface area contributed by atoms with E-state index in [0.29, 0.717) is 12.8 Å². The molecule has 0 saturated heterocycles. The Morgan fingerprint density at radius 1 is 1.39 bits per heavy atom. The number of hydrogen-bond donors (Lipinski definition) is 1. The molecule has 2 nitrogen and oxygen atoms in total. The normalized spacial score (nSPS) is 27.1. The first-order valence-electron chi connectivity index (χ1n) is 6.19. The molecule has 3 unspecified atom stereocenters. The van der Waals surface area contributed by atoms with E-state index in [1.807, 2.05) is 12.3 Å². The zero-order valence-electron chi connectivity index (χ0n) is 10.2. The molecule has 2 rings (SSSR count). The molecule has 0 spiro atoms. The minimum atomic E-state index is -4.10. The summed E-state index contributed by atoms with van der Waals surface area (Å²) in [7, 11) is 0. The van der Waals surface area contributed by atoms with Gasteiger partial charge in [-0.2, -0.15) is 13.2 Å². The lowest BCUT2D eigenvalue weighted by Crippen LogP contribution is -2.46. The van der Waals surface area contributed by atoms with E-state index in [1.54, 1.807) is 5.51 Å². The van der Waals surface area contributed by atoms with Crippen molar-refractivity contribution >= 4 is 11.3 Å².